The maximum Gasteiger partial charge on any atom is 0.338 e. The molecule has 2 saturated carbocycles. The molecule has 2 heterocycles. The number of hydrogen-bond acceptors (Lipinski definition) is 15. The number of rotatable bonds is 13. The van der Waals surface area contributed by atoms with Crippen LogP contribution in [0, 0.1) is 16.7 Å². The van der Waals surface area contributed by atoms with Crippen molar-refractivity contribution in [1.82, 2.24) is 5.32 Å². The van der Waals surface area contributed by atoms with Crippen LogP contribution in [0.3, 0.4) is 0 Å². The van der Waals surface area contributed by atoms with Crippen molar-refractivity contribution in [3.8, 4) is 0 Å². The Bertz CT molecular complexity index is 2010. The van der Waals surface area contributed by atoms with Crippen molar-refractivity contribution in [3.63, 3.8) is 0 Å². The molecule has 1 amide bonds. The van der Waals surface area contributed by atoms with Crippen molar-refractivity contribution >= 4 is 35.6 Å². The third kappa shape index (κ3) is 7.56. The topological polar surface area (TPSA) is 234 Å². The summed E-state index contributed by atoms with van der Waals surface area (Å²) in [5.41, 5.74) is -7.61. The first-order valence-electron chi connectivity index (χ1n) is 20.4. The van der Waals surface area contributed by atoms with E-state index in [1.807, 2.05) is 6.92 Å². The van der Waals surface area contributed by atoms with Gasteiger partial charge in [0, 0.05) is 38.5 Å². The summed E-state index contributed by atoms with van der Waals surface area (Å²) in [6, 6.07) is 9.44. The highest BCUT2D eigenvalue weighted by molar-refractivity contribution is 5.95. The maximum atomic E-state index is 15.4. The van der Waals surface area contributed by atoms with Gasteiger partial charge in [-0.1, -0.05) is 51.8 Å². The monoisotopic (exact) mass is 837 g/mol. The van der Waals surface area contributed by atoms with E-state index in [4.69, 9.17) is 28.1 Å². The van der Waals surface area contributed by atoms with Crippen LogP contribution < -0.4 is 5.32 Å². The van der Waals surface area contributed by atoms with Gasteiger partial charge in [0.25, 0.3) is 0 Å². The van der Waals surface area contributed by atoms with Crippen LogP contribution in [0.4, 0.5) is 0 Å². The van der Waals surface area contributed by atoms with E-state index in [9.17, 15) is 39.3 Å². The third-order valence-corrected chi connectivity index (χ3v) is 13.2. The molecule has 0 unspecified atom stereocenters. The van der Waals surface area contributed by atoms with Crippen LogP contribution in [0.25, 0.3) is 0 Å². The number of ketones is 1. The lowest BCUT2D eigenvalue weighted by atomic mass is 9.44. The van der Waals surface area contributed by atoms with E-state index in [1.165, 1.54) is 44.4 Å². The number of carbonyl (C=O) groups is 6. The minimum Gasteiger partial charge on any atom is -0.467 e. The van der Waals surface area contributed by atoms with Gasteiger partial charge in [-0.05, 0) is 55.7 Å². The zero-order chi connectivity index (χ0) is 43.9. The van der Waals surface area contributed by atoms with Gasteiger partial charge in [0.05, 0.1) is 35.9 Å². The summed E-state index contributed by atoms with van der Waals surface area (Å²) in [6.07, 6.45) is -6.86. The predicted molar refractivity (Wildman–Crippen MR) is 208 cm³/mol. The number of esters is 4. The fourth-order valence-electron chi connectivity index (χ4n) is 9.92. The molecule has 16 nitrogen and oxygen atoms in total. The summed E-state index contributed by atoms with van der Waals surface area (Å²) in [4.78, 5) is 82.6. The summed E-state index contributed by atoms with van der Waals surface area (Å²) in [5, 5.41) is 39.9. The van der Waals surface area contributed by atoms with Crippen molar-refractivity contribution in [2.24, 2.45) is 16.7 Å². The number of nitrogens with one attached hydrogen (secondary N) is 1. The number of amides is 1. The molecular weight excluding hydrogens is 782 g/mol. The highest BCUT2D eigenvalue weighted by Gasteiger charge is 2.78. The van der Waals surface area contributed by atoms with Gasteiger partial charge in [-0.25, -0.2) is 9.59 Å². The minimum absolute atomic E-state index is 0.00305. The van der Waals surface area contributed by atoms with Crippen LogP contribution in [-0.2, 0) is 47.7 Å². The fraction of sp³-hybridized carbons (Fsp3) is 0.591. The number of aliphatic hydroxyl groups is 3. The second-order valence-corrected chi connectivity index (χ2v) is 17.1. The highest BCUT2D eigenvalue weighted by atomic mass is 16.6. The van der Waals surface area contributed by atoms with Crippen molar-refractivity contribution in [2.75, 3.05) is 6.61 Å². The fourth-order valence-corrected chi connectivity index (χ4v) is 9.92. The predicted octanol–water partition coefficient (Wildman–Crippen LogP) is 3.60. The molecule has 60 heavy (non-hydrogen) atoms. The van der Waals surface area contributed by atoms with Crippen LogP contribution >= 0.6 is 0 Å². The third-order valence-electron chi connectivity index (χ3n) is 13.2. The Balaban J connectivity index is 1.52. The molecule has 11 atom stereocenters. The Morgan fingerprint density at radius 2 is 1.67 bits per heavy atom. The summed E-state index contributed by atoms with van der Waals surface area (Å²) < 4.78 is 35.6. The molecule has 326 valence electrons. The van der Waals surface area contributed by atoms with E-state index in [0.29, 0.717) is 6.42 Å². The standard InChI is InChI=1S/C44H55NO15/c1-8-9-11-18-31(49)45-33(27-17-14-19-55-27)34(50)40(53)58-28-21-44(54)38(59-39(52)26-15-12-10-13-16-26)36-42(7,29(48)20-30-43(36,22-56-30)60-25(4)47)37(51)35(57-24(3)46)32(23(28)2)41(44,5)6/h10,12-17,19,28-30,33-36,38,48,50,54H,8-9,11,18,20-22H2,1-7H3,(H,45,49)/t28-,29-,30+,33+,34+,35+,36-,38-,42+,43-,44+/m0/s1. The van der Waals surface area contributed by atoms with Crippen molar-refractivity contribution < 1.29 is 72.2 Å². The summed E-state index contributed by atoms with van der Waals surface area (Å²) in [6.45, 7) is 9.94. The van der Waals surface area contributed by atoms with Crippen molar-refractivity contribution in [1.29, 1.82) is 0 Å². The first-order chi connectivity index (χ1) is 28.2. The van der Waals surface area contributed by atoms with Gasteiger partial charge >= 0.3 is 23.9 Å². The molecule has 1 saturated heterocycles. The number of aliphatic hydroxyl groups excluding tert-OH is 2. The summed E-state index contributed by atoms with van der Waals surface area (Å²) in [7, 11) is 0. The molecule has 4 N–H and O–H groups in total. The average molecular weight is 838 g/mol. The Labute approximate surface area is 347 Å². The second-order valence-electron chi connectivity index (χ2n) is 17.1. The Kier molecular flexibility index (Phi) is 12.6. The summed E-state index contributed by atoms with van der Waals surface area (Å²) in [5.74, 6) is -6.64. The molecule has 3 fully saturated rings. The van der Waals surface area contributed by atoms with Crippen molar-refractivity contribution in [3.05, 3.63) is 71.2 Å². The SMILES string of the molecule is CCCCCC(=O)N[C@H](c1ccco1)[C@@H](O)C(=O)O[C@H]1C[C@@]2(O)[C@@H](OC(=O)c3ccccc3)[C@@H]3[C@]4(OC(C)=O)CO[C@@H]4C[C@H](O)[C@@]3(C)C(=O)[C@H](OC(C)=O)C(=C1C)C2(C)C. The Morgan fingerprint density at radius 3 is 2.25 bits per heavy atom. The molecule has 2 aromatic rings. The van der Waals surface area contributed by atoms with E-state index in [0.717, 1.165) is 26.7 Å². The lowest BCUT2D eigenvalue weighted by Gasteiger charge is -2.67. The molecule has 16 heteroatoms. The number of benzene rings is 1. The van der Waals surface area contributed by atoms with Crippen LogP contribution in [0.15, 0.2) is 64.3 Å². The van der Waals surface area contributed by atoms with E-state index >= 15 is 4.79 Å². The van der Waals surface area contributed by atoms with Crippen LogP contribution in [0.2, 0.25) is 0 Å². The Morgan fingerprint density at radius 1 is 0.967 bits per heavy atom. The summed E-state index contributed by atoms with van der Waals surface area (Å²) >= 11 is 0. The normalized spacial score (nSPS) is 32.7. The van der Waals surface area contributed by atoms with E-state index < -0.39 is 113 Å². The first-order valence-corrected chi connectivity index (χ1v) is 20.4. The number of ether oxygens (including phenoxy) is 5. The zero-order valence-electron chi connectivity index (χ0n) is 34.9. The molecule has 1 aliphatic heterocycles. The highest BCUT2D eigenvalue weighted by Crippen LogP contribution is 2.64. The number of unbranched alkanes of at least 4 members (excludes halogenated alkanes) is 2. The Hall–Kier alpha value is -4.90. The lowest BCUT2D eigenvalue weighted by molar-refractivity contribution is -0.346. The number of Topliss-reactive ketones (excluding diaryl/α,β-unsaturated/α-hetero) is 1. The number of carbonyl (C=O) groups excluding carboxylic acids is 6. The number of fused-ring (bicyclic) bond motifs is 5. The lowest BCUT2D eigenvalue weighted by Crippen LogP contribution is -2.82. The minimum atomic E-state index is -2.38. The second kappa shape index (κ2) is 16.9. The first kappa shape index (κ1) is 44.6. The molecular formula is C44H55NO15. The molecule has 1 aromatic carbocycles. The van der Waals surface area contributed by atoms with Crippen LogP contribution in [0.5, 0.6) is 0 Å². The number of hydrogen-bond donors (Lipinski definition) is 4. The van der Waals surface area contributed by atoms with Crippen LogP contribution in [-0.4, -0.2) is 105 Å². The smallest absolute Gasteiger partial charge is 0.338 e. The molecule has 3 aliphatic carbocycles. The van der Waals surface area contributed by atoms with E-state index in [1.54, 1.807) is 32.0 Å². The quantitative estimate of drug-likeness (QED) is 0.0977. The number of furan rings is 1. The largest absolute Gasteiger partial charge is 0.467 e. The van der Waals surface area contributed by atoms with Crippen LogP contribution in [0.1, 0.15) is 109 Å². The van der Waals surface area contributed by atoms with Gasteiger partial charge in [0.2, 0.25) is 5.91 Å². The molecule has 0 radical (unpaired) electrons. The van der Waals surface area contributed by atoms with Crippen molar-refractivity contribution in [2.45, 2.75) is 141 Å². The van der Waals surface area contributed by atoms with Gasteiger partial charge in [-0.15, -0.1) is 0 Å². The average Bonchev–Trinajstić information content (AvgIpc) is 3.73. The maximum absolute atomic E-state index is 15.4. The van der Waals surface area contributed by atoms with E-state index in [2.05, 4.69) is 5.32 Å². The van der Waals surface area contributed by atoms with Gasteiger partial charge < -0.3 is 48.7 Å². The van der Waals surface area contributed by atoms with Gasteiger partial charge in [0.1, 0.15) is 35.7 Å². The van der Waals surface area contributed by atoms with Gasteiger partial charge in [0.15, 0.2) is 23.6 Å². The molecule has 2 bridgehead atoms. The molecule has 1 aromatic heterocycles. The molecule has 6 rings (SSSR count). The van der Waals surface area contributed by atoms with E-state index in [-0.39, 0.29) is 41.9 Å². The van der Waals surface area contributed by atoms with Gasteiger partial charge in [-0.3, -0.25) is 19.2 Å². The van der Waals surface area contributed by atoms with Gasteiger partial charge in [-0.2, -0.15) is 0 Å². The molecule has 0 spiro atoms. The molecule has 4 aliphatic rings. The zero-order valence-corrected chi connectivity index (χ0v) is 34.9.